The van der Waals surface area contributed by atoms with Crippen LogP contribution in [-0.2, 0) is 4.79 Å². The van der Waals surface area contributed by atoms with Gasteiger partial charge in [-0.25, -0.2) is 0 Å². The molecule has 16 heavy (non-hydrogen) atoms. The van der Waals surface area contributed by atoms with Crippen LogP contribution < -0.4 is 5.32 Å². The number of carboxylic acid groups (broad SMARTS) is 1. The second-order valence-corrected chi connectivity index (χ2v) is 3.71. The van der Waals surface area contributed by atoms with Gasteiger partial charge in [-0.2, -0.15) is 0 Å². The minimum Gasteiger partial charge on any atom is -0.481 e. The first-order valence-corrected chi connectivity index (χ1v) is 5.00. The molecule has 0 bridgehead atoms. The van der Waals surface area contributed by atoms with Crippen LogP contribution in [0, 0.1) is 5.92 Å². The minimum absolute atomic E-state index is 0.0550. The molecule has 5 nitrogen and oxygen atoms in total. The first kappa shape index (κ1) is 12.4. The van der Waals surface area contributed by atoms with Crippen LogP contribution in [0.2, 0.25) is 5.02 Å². The third-order valence-electron chi connectivity index (χ3n) is 2.00. The lowest BCUT2D eigenvalue weighted by Gasteiger charge is -2.08. The number of halogens is 1. The van der Waals surface area contributed by atoms with Crippen molar-refractivity contribution in [2.75, 3.05) is 6.54 Å². The Balaban J connectivity index is 2.60. The maximum absolute atomic E-state index is 11.6. The van der Waals surface area contributed by atoms with Crippen molar-refractivity contribution in [3.05, 3.63) is 29.0 Å². The molecule has 0 aliphatic rings. The quantitative estimate of drug-likeness (QED) is 0.831. The lowest BCUT2D eigenvalue weighted by Crippen LogP contribution is -2.31. The number of nitrogens with one attached hydrogen (secondary N) is 1. The van der Waals surface area contributed by atoms with Gasteiger partial charge in [0.25, 0.3) is 5.91 Å². The predicted octanol–water partition coefficient (Wildman–Crippen LogP) is 1.19. The Kier molecular flexibility index (Phi) is 4.25. The van der Waals surface area contributed by atoms with Gasteiger partial charge in [0.2, 0.25) is 0 Å². The topological polar surface area (TPSA) is 79.3 Å². The number of rotatable bonds is 4. The zero-order valence-corrected chi connectivity index (χ0v) is 9.36. The van der Waals surface area contributed by atoms with Gasteiger partial charge in [0, 0.05) is 18.9 Å². The molecule has 1 unspecified atom stereocenters. The van der Waals surface area contributed by atoms with Crippen molar-refractivity contribution in [1.29, 1.82) is 0 Å². The van der Waals surface area contributed by atoms with E-state index in [1.165, 1.54) is 25.4 Å². The zero-order valence-electron chi connectivity index (χ0n) is 8.61. The van der Waals surface area contributed by atoms with Crippen molar-refractivity contribution < 1.29 is 14.7 Å². The molecular weight excluding hydrogens is 232 g/mol. The van der Waals surface area contributed by atoms with Crippen LogP contribution >= 0.6 is 11.6 Å². The fourth-order valence-electron chi connectivity index (χ4n) is 0.973. The van der Waals surface area contributed by atoms with Gasteiger partial charge in [-0.3, -0.25) is 14.6 Å². The maximum Gasteiger partial charge on any atom is 0.308 e. The fourth-order valence-corrected chi connectivity index (χ4v) is 1.16. The number of carboxylic acids is 1. The SMILES string of the molecule is CC(CNC(=O)c1cnccc1Cl)C(=O)O. The Labute approximate surface area is 97.4 Å². The first-order chi connectivity index (χ1) is 7.52. The summed E-state index contributed by atoms with van der Waals surface area (Å²) >= 11 is 5.78. The molecule has 1 aromatic heterocycles. The number of hydrogen-bond acceptors (Lipinski definition) is 3. The Hall–Kier alpha value is -1.62. The normalized spacial score (nSPS) is 11.9. The monoisotopic (exact) mass is 242 g/mol. The van der Waals surface area contributed by atoms with E-state index in [-0.39, 0.29) is 17.1 Å². The van der Waals surface area contributed by atoms with Crippen LogP contribution in [0.25, 0.3) is 0 Å². The van der Waals surface area contributed by atoms with Crippen molar-refractivity contribution in [2.24, 2.45) is 5.92 Å². The standard InChI is InChI=1S/C10H11ClN2O3/c1-6(10(15)16)4-13-9(14)7-5-12-3-2-8(7)11/h2-3,5-6H,4H2,1H3,(H,13,14)(H,15,16). The van der Waals surface area contributed by atoms with E-state index in [9.17, 15) is 9.59 Å². The van der Waals surface area contributed by atoms with Crippen LogP contribution in [0.15, 0.2) is 18.5 Å². The highest BCUT2D eigenvalue weighted by Crippen LogP contribution is 2.12. The average molecular weight is 243 g/mol. The van der Waals surface area contributed by atoms with Gasteiger partial charge in [0.15, 0.2) is 0 Å². The van der Waals surface area contributed by atoms with Gasteiger partial charge in [-0.1, -0.05) is 18.5 Å². The van der Waals surface area contributed by atoms with Gasteiger partial charge < -0.3 is 10.4 Å². The summed E-state index contributed by atoms with van der Waals surface area (Å²) in [4.78, 5) is 25.9. The van der Waals surface area contributed by atoms with Crippen molar-refractivity contribution in [3.63, 3.8) is 0 Å². The fraction of sp³-hybridized carbons (Fsp3) is 0.300. The molecule has 0 radical (unpaired) electrons. The average Bonchev–Trinajstić information content (AvgIpc) is 2.25. The van der Waals surface area contributed by atoms with E-state index >= 15 is 0 Å². The third-order valence-corrected chi connectivity index (χ3v) is 2.33. The van der Waals surface area contributed by atoms with Gasteiger partial charge in [0.1, 0.15) is 0 Å². The van der Waals surface area contributed by atoms with Crippen LogP contribution in [0.5, 0.6) is 0 Å². The van der Waals surface area contributed by atoms with E-state index in [1.54, 1.807) is 0 Å². The summed E-state index contributed by atoms with van der Waals surface area (Å²) in [7, 11) is 0. The highest BCUT2D eigenvalue weighted by Gasteiger charge is 2.14. The Morgan fingerprint density at radius 3 is 2.88 bits per heavy atom. The highest BCUT2D eigenvalue weighted by atomic mass is 35.5. The van der Waals surface area contributed by atoms with Crippen molar-refractivity contribution in [1.82, 2.24) is 10.3 Å². The van der Waals surface area contributed by atoms with Crippen LogP contribution in [-0.4, -0.2) is 28.5 Å². The summed E-state index contributed by atoms with van der Waals surface area (Å²) in [5, 5.41) is 11.4. The van der Waals surface area contributed by atoms with Crippen LogP contribution in [0.4, 0.5) is 0 Å². The summed E-state index contributed by atoms with van der Waals surface area (Å²) in [5.74, 6) is -2.02. The molecule has 0 fully saturated rings. The second-order valence-electron chi connectivity index (χ2n) is 3.30. The zero-order chi connectivity index (χ0) is 12.1. The molecule has 1 rings (SSSR count). The maximum atomic E-state index is 11.6. The van der Waals surface area contributed by atoms with E-state index < -0.39 is 17.8 Å². The molecule has 0 aliphatic heterocycles. The van der Waals surface area contributed by atoms with Gasteiger partial charge in [0.05, 0.1) is 16.5 Å². The molecule has 1 heterocycles. The lowest BCUT2D eigenvalue weighted by atomic mass is 10.2. The Morgan fingerprint density at radius 2 is 2.31 bits per heavy atom. The molecule has 86 valence electrons. The smallest absolute Gasteiger partial charge is 0.308 e. The molecule has 0 saturated carbocycles. The number of carbonyl (C=O) groups excluding carboxylic acids is 1. The highest BCUT2D eigenvalue weighted by molar-refractivity contribution is 6.33. The number of carbonyl (C=O) groups is 2. The Bertz CT molecular complexity index is 409. The largest absolute Gasteiger partial charge is 0.481 e. The van der Waals surface area contributed by atoms with Gasteiger partial charge in [-0.05, 0) is 6.07 Å². The molecular formula is C10H11ClN2O3. The van der Waals surface area contributed by atoms with E-state index in [4.69, 9.17) is 16.7 Å². The molecule has 0 spiro atoms. The molecule has 6 heteroatoms. The summed E-state index contributed by atoms with van der Waals surface area (Å²) in [6.45, 7) is 1.56. The van der Waals surface area contributed by atoms with E-state index in [0.717, 1.165) is 0 Å². The number of nitrogens with zero attached hydrogens (tertiary/aromatic N) is 1. The van der Waals surface area contributed by atoms with Crippen molar-refractivity contribution >= 4 is 23.5 Å². The van der Waals surface area contributed by atoms with E-state index in [0.29, 0.717) is 0 Å². The van der Waals surface area contributed by atoms with Gasteiger partial charge in [-0.15, -0.1) is 0 Å². The third kappa shape index (κ3) is 3.20. The number of amides is 1. The molecule has 0 aromatic carbocycles. The van der Waals surface area contributed by atoms with Crippen molar-refractivity contribution in [2.45, 2.75) is 6.92 Å². The minimum atomic E-state index is -0.961. The molecule has 1 aromatic rings. The summed E-state index contributed by atoms with van der Waals surface area (Å²) in [5.41, 5.74) is 0.238. The number of aromatic nitrogens is 1. The number of pyridine rings is 1. The van der Waals surface area contributed by atoms with E-state index in [1.807, 2.05) is 0 Å². The number of hydrogen-bond donors (Lipinski definition) is 2. The summed E-state index contributed by atoms with van der Waals surface area (Å²) < 4.78 is 0. The van der Waals surface area contributed by atoms with E-state index in [2.05, 4.69) is 10.3 Å². The molecule has 0 aliphatic carbocycles. The van der Waals surface area contributed by atoms with Crippen molar-refractivity contribution in [3.8, 4) is 0 Å². The molecule has 1 amide bonds. The van der Waals surface area contributed by atoms with Crippen LogP contribution in [0.3, 0.4) is 0 Å². The molecule has 0 saturated heterocycles. The van der Waals surface area contributed by atoms with Crippen LogP contribution in [0.1, 0.15) is 17.3 Å². The summed E-state index contributed by atoms with van der Waals surface area (Å²) in [6, 6.07) is 1.50. The second kappa shape index (κ2) is 5.46. The predicted molar refractivity (Wildman–Crippen MR) is 58.4 cm³/mol. The first-order valence-electron chi connectivity index (χ1n) is 4.63. The molecule has 1 atom stereocenters. The lowest BCUT2D eigenvalue weighted by molar-refractivity contribution is -0.140. The summed E-state index contributed by atoms with van der Waals surface area (Å²) in [6.07, 6.45) is 2.81. The van der Waals surface area contributed by atoms with Gasteiger partial charge >= 0.3 is 5.97 Å². The Morgan fingerprint density at radius 1 is 1.62 bits per heavy atom. The molecule has 2 N–H and O–H groups in total. The number of aliphatic carboxylic acids is 1.